The fourth-order valence-electron chi connectivity index (χ4n) is 2.04. The number of ether oxygens (including phenoxy) is 1. The standard InChI is InChI=1S/C12H13NO4/c1-12(7-6-11(14)17-12)8-9-2-4-10(5-3-9)13(15)16/h2-5H,6-8H2,1H3/t12-/m0/s1. The van der Waals surface area contributed by atoms with Gasteiger partial charge in [0.25, 0.3) is 5.69 Å². The van der Waals surface area contributed by atoms with E-state index in [-0.39, 0.29) is 11.7 Å². The fraction of sp³-hybridized carbons (Fsp3) is 0.417. The van der Waals surface area contributed by atoms with Crippen LogP contribution in [0.1, 0.15) is 25.3 Å². The topological polar surface area (TPSA) is 69.4 Å². The molecule has 1 fully saturated rings. The Hall–Kier alpha value is -1.91. The molecule has 0 N–H and O–H groups in total. The number of esters is 1. The van der Waals surface area contributed by atoms with Gasteiger partial charge in [0.2, 0.25) is 0 Å². The monoisotopic (exact) mass is 235 g/mol. The largest absolute Gasteiger partial charge is 0.459 e. The summed E-state index contributed by atoms with van der Waals surface area (Å²) < 4.78 is 5.26. The van der Waals surface area contributed by atoms with Crippen molar-refractivity contribution >= 4 is 11.7 Å². The summed E-state index contributed by atoms with van der Waals surface area (Å²) in [5.41, 5.74) is 0.544. The number of cyclic esters (lactones) is 1. The maximum Gasteiger partial charge on any atom is 0.306 e. The molecule has 0 radical (unpaired) electrons. The minimum atomic E-state index is -0.465. The molecule has 0 saturated carbocycles. The van der Waals surface area contributed by atoms with Crippen LogP contribution in [-0.2, 0) is 16.0 Å². The van der Waals surface area contributed by atoms with Crippen molar-refractivity contribution in [3.8, 4) is 0 Å². The molecule has 0 bridgehead atoms. The summed E-state index contributed by atoms with van der Waals surface area (Å²) in [6, 6.07) is 6.34. The minimum Gasteiger partial charge on any atom is -0.459 e. The molecular weight excluding hydrogens is 222 g/mol. The second kappa shape index (κ2) is 4.16. The van der Waals surface area contributed by atoms with Gasteiger partial charge >= 0.3 is 5.97 Å². The Kier molecular flexibility index (Phi) is 2.83. The van der Waals surface area contributed by atoms with Crippen LogP contribution in [0.15, 0.2) is 24.3 Å². The molecule has 17 heavy (non-hydrogen) atoms. The number of rotatable bonds is 3. The SMILES string of the molecule is C[C@@]1(Cc2ccc([N+](=O)[O-])cc2)CCC(=O)O1. The highest BCUT2D eigenvalue weighted by atomic mass is 16.6. The van der Waals surface area contributed by atoms with Crippen molar-refractivity contribution in [3.63, 3.8) is 0 Å². The number of non-ortho nitro benzene ring substituents is 1. The number of carbonyl (C=O) groups is 1. The van der Waals surface area contributed by atoms with Crippen molar-refractivity contribution in [1.29, 1.82) is 0 Å². The number of carbonyl (C=O) groups excluding carboxylic acids is 1. The van der Waals surface area contributed by atoms with E-state index in [4.69, 9.17) is 4.74 Å². The van der Waals surface area contributed by atoms with Crippen LogP contribution in [0, 0.1) is 10.1 Å². The first kappa shape index (κ1) is 11.6. The van der Waals surface area contributed by atoms with Gasteiger partial charge in [0.1, 0.15) is 5.60 Å². The number of hydrogen-bond donors (Lipinski definition) is 0. The van der Waals surface area contributed by atoms with Crippen LogP contribution in [0.3, 0.4) is 0 Å². The van der Waals surface area contributed by atoms with Crippen molar-refractivity contribution in [3.05, 3.63) is 39.9 Å². The van der Waals surface area contributed by atoms with Gasteiger partial charge in [-0.3, -0.25) is 14.9 Å². The predicted molar refractivity (Wildman–Crippen MR) is 60.5 cm³/mol. The van der Waals surface area contributed by atoms with Crippen molar-refractivity contribution in [2.45, 2.75) is 31.8 Å². The lowest BCUT2D eigenvalue weighted by atomic mass is 9.93. The van der Waals surface area contributed by atoms with Crippen molar-refractivity contribution in [2.75, 3.05) is 0 Å². The average molecular weight is 235 g/mol. The van der Waals surface area contributed by atoms with Gasteiger partial charge < -0.3 is 4.74 Å². The Morgan fingerprint density at radius 1 is 1.41 bits per heavy atom. The summed E-state index contributed by atoms with van der Waals surface area (Å²) >= 11 is 0. The quantitative estimate of drug-likeness (QED) is 0.457. The van der Waals surface area contributed by atoms with Gasteiger partial charge in [-0.2, -0.15) is 0 Å². The van der Waals surface area contributed by atoms with Crippen LogP contribution in [0.25, 0.3) is 0 Å². The second-order valence-corrected chi connectivity index (χ2v) is 4.52. The van der Waals surface area contributed by atoms with Crippen molar-refractivity contribution in [1.82, 2.24) is 0 Å². The first-order valence-corrected chi connectivity index (χ1v) is 5.44. The molecule has 5 nitrogen and oxygen atoms in total. The lowest BCUT2D eigenvalue weighted by molar-refractivity contribution is -0.384. The van der Waals surface area contributed by atoms with E-state index >= 15 is 0 Å². The highest BCUT2D eigenvalue weighted by Crippen LogP contribution is 2.30. The molecule has 1 aromatic carbocycles. The third-order valence-electron chi connectivity index (χ3n) is 2.94. The van der Waals surface area contributed by atoms with E-state index in [1.807, 2.05) is 6.92 Å². The molecule has 0 amide bonds. The molecule has 1 atom stereocenters. The minimum absolute atomic E-state index is 0.0716. The summed E-state index contributed by atoms with van der Waals surface area (Å²) in [7, 11) is 0. The summed E-state index contributed by atoms with van der Waals surface area (Å²) in [5.74, 6) is -0.172. The van der Waals surface area contributed by atoms with Crippen LogP contribution in [0.2, 0.25) is 0 Å². The molecule has 2 rings (SSSR count). The maximum atomic E-state index is 11.1. The lowest BCUT2D eigenvalue weighted by Gasteiger charge is -2.22. The average Bonchev–Trinajstić information content (AvgIpc) is 2.59. The van der Waals surface area contributed by atoms with Gasteiger partial charge in [0.05, 0.1) is 4.92 Å². The molecule has 0 aromatic heterocycles. The Bertz CT molecular complexity index is 454. The number of nitro benzene ring substituents is 1. The zero-order valence-corrected chi connectivity index (χ0v) is 9.51. The van der Waals surface area contributed by atoms with Crippen LogP contribution in [-0.4, -0.2) is 16.5 Å². The Morgan fingerprint density at radius 2 is 2.06 bits per heavy atom. The lowest BCUT2D eigenvalue weighted by Crippen LogP contribution is -2.26. The number of nitrogens with zero attached hydrogens (tertiary/aromatic N) is 1. The second-order valence-electron chi connectivity index (χ2n) is 4.52. The molecule has 5 heteroatoms. The first-order valence-electron chi connectivity index (χ1n) is 5.44. The van der Waals surface area contributed by atoms with E-state index < -0.39 is 10.5 Å². The van der Waals surface area contributed by atoms with Crippen molar-refractivity contribution in [2.24, 2.45) is 0 Å². The maximum absolute atomic E-state index is 11.1. The van der Waals surface area contributed by atoms with E-state index in [0.717, 1.165) is 5.56 Å². The Morgan fingerprint density at radius 3 is 2.53 bits per heavy atom. The number of hydrogen-bond acceptors (Lipinski definition) is 4. The third-order valence-corrected chi connectivity index (χ3v) is 2.94. The Balaban J connectivity index is 2.09. The molecule has 1 aromatic rings. The van der Waals surface area contributed by atoms with Crippen LogP contribution in [0.5, 0.6) is 0 Å². The van der Waals surface area contributed by atoms with Crippen molar-refractivity contribution < 1.29 is 14.5 Å². The predicted octanol–water partition coefficient (Wildman–Crippen LogP) is 2.23. The van der Waals surface area contributed by atoms with E-state index in [0.29, 0.717) is 19.3 Å². The summed E-state index contributed by atoms with van der Waals surface area (Å²) in [6.07, 6.45) is 1.74. The molecule has 1 aliphatic rings. The van der Waals surface area contributed by atoms with Gasteiger partial charge in [-0.05, 0) is 18.9 Å². The molecule has 1 heterocycles. The third kappa shape index (κ3) is 2.61. The summed E-state index contributed by atoms with van der Waals surface area (Å²) in [4.78, 5) is 21.2. The molecule has 0 aliphatic carbocycles. The van der Waals surface area contributed by atoms with E-state index in [9.17, 15) is 14.9 Å². The van der Waals surface area contributed by atoms with Gasteiger partial charge in [-0.15, -0.1) is 0 Å². The van der Waals surface area contributed by atoms with Crippen LogP contribution in [0.4, 0.5) is 5.69 Å². The highest BCUT2D eigenvalue weighted by Gasteiger charge is 2.35. The van der Waals surface area contributed by atoms with Gasteiger partial charge in [0, 0.05) is 25.0 Å². The fourth-order valence-corrected chi connectivity index (χ4v) is 2.04. The number of benzene rings is 1. The molecule has 90 valence electrons. The van der Waals surface area contributed by atoms with E-state index in [1.165, 1.54) is 12.1 Å². The molecule has 0 unspecified atom stereocenters. The summed E-state index contributed by atoms with van der Waals surface area (Å²) in [5, 5.41) is 10.5. The molecule has 1 saturated heterocycles. The van der Waals surface area contributed by atoms with E-state index in [2.05, 4.69) is 0 Å². The molecule has 1 aliphatic heterocycles. The first-order chi connectivity index (χ1) is 7.98. The number of nitro groups is 1. The Labute approximate surface area is 98.5 Å². The molecule has 0 spiro atoms. The van der Waals surface area contributed by atoms with Gasteiger partial charge in [0.15, 0.2) is 0 Å². The summed E-state index contributed by atoms with van der Waals surface area (Å²) in [6.45, 7) is 1.89. The molecular formula is C12H13NO4. The normalized spacial score (nSPS) is 23.5. The zero-order chi connectivity index (χ0) is 12.5. The van der Waals surface area contributed by atoms with Crippen LogP contribution < -0.4 is 0 Å². The van der Waals surface area contributed by atoms with Gasteiger partial charge in [-0.25, -0.2) is 0 Å². The van der Waals surface area contributed by atoms with Crippen LogP contribution >= 0.6 is 0 Å². The smallest absolute Gasteiger partial charge is 0.306 e. The zero-order valence-electron chi connectivity index (χ0n) is 9.51. The van der Waals surface area contributed by atoms with E-state index in [1.54, 1.807) is 12.1 Å². The highest BCUT2D eigenvalue weighted by molar-refractivity contribution is 5.72. The van der Waals surface area contributed by atoms with Gasteiger partial charge in [-0.1, -0.05) is 12.1 Å².